The van der Waals surface area contributed by atoms with E-state index in [2.05, 4.69) is 0 Å². The smallest absolute Gasteiger partial charge is 0.372 e. The van der Waals surface area contributed by atoms with E-state index < -0.39 is 30.0 Å². The van der Waals surface area contributed by atoms with Crippen LogP contribution >= 0.6 is 0 Å². The summed E-state index contributed by atoms with van der Waals surface area (Å²) in [5.41, 5.74) is 5.09. The zero-order valence-electron chi connectivity index (χ0n) is 6.03. The van der Waals surface area contributed by atoms with Crippen LogP contribution in [0.25, 0.3) is 0 Å². The minimum atomic E-state index is -1.60. The third-order valence-electron chi connectivity index (χ3n) is 1.08. The number of aliphatic carboxylic acids is 1. The van der Waals surface area contributed by atoms with Gasteiger partial charge >= 0.3 is 5.97 Å². The Morgan fingerprint density at radius 2 is 1.91 bits per heavy atom. The first-order chi connectivity index (χ1) is 4.95. The standard InChI is InChI=1S/C6H9NO4/c1-3(7)4(8)2-5(9)6(10)11/h3H,2,7H2,1H3,(H,10,11)/t3-/m0/s1. The number of carbonyl (C=O) groups is 3. The van der Waals surface area contributed by atoms with Crippen molar-refractivity contribution in [1.29, 1.82) is 0 Å². The minimum absolute atomic E-state index is 0.558. The highest BCUT2D eigenvalue weighted by atomic mass is 16.4. The van der Waals surface area contributed by atoms with Gasteiger partial charge < -0.3 is 10.8 Å². The Kier molecular flexibility index (Phi) is 3.39. The number of ketones is 2. The summed E-state index contributed by atoms with van der Waals surface area (Å²) in [4.78, 5) is 30.9. The van der Waals surface area contributed by atoms with Crippen LogP contribution in [0.15, 0.2) is 0 Å². The van der Waals surface area contributed by atoms with E-state index in [1.807, 2.05) is 0 Å². The van der Waals surface area contributed by atoms with Crippen molar-refractivity contribution >= 4 is 17.5 Å². The molecule has 62 valence electrons. The van der Waals surface area contributed by atoms with Crippen LogP contribution in [0.5, 0.6) is 0 Å². The van der Waals surface area contributed by atoms with Gasteiger partial charge in [0.2, 0.25) is 5.78 Å². The summed E-state index contributed by atoms with van der Waals surface area (Å²) in [6.45, 7) is 1.40. The first-order valence-corrected chi connectivity index (χ1v) is 2.99. The minimum Gasteiger partial charge on any atom is -0.475 e. The maximum atomic E-state index is 10.6. The van der Waals surface area contributed by atoms with Crippen LogP contribution in [-0.4, -0.2) is 28.7 Å². The van der Waals surface area contributed by atoms with Crippen LogP contribution in [0, 0.1) is 0 Å². The second kappa shape index (κ2) is 3.82. The Balaban J connectivity index is 3.96. The van der Waals surface area contributed by atoms with Gasteiger partial charge in [-0.2, -0.15) is 0 Å². The lowest BCUT2D eigenvalue weighted by Gasteiger charge is -1.99. The first kappa shape index (κ1) is 9.77. The highest BCUT2D eigenvalue weighted by Gasteiger charge is 2.18. The van der Waals surface area contributed by atoms with E-state index in [0.29, 0.717) is 0 Å². The lowest BCUT2D eigenvalue weighted by atomic mass is 10.1. The Hall–Kier alpha value is -1.23. The summed E-state index contributed by atoms with van der Waals surface area (Å²) in [5, 5.41) is 8.07. The number of carboxylic acid groups (broad SMARTS) is 1. The van der Waals surface area contributed by atoms with Crippen LogP contribution in [0.3, 0.4) is 0 Å². The average molecular weight is 159 g/mol. The van der Waals surface area contributed by atoms with Gasteiger partial charge in [0.15, 0.2) is 5.78 Å². The van der Waals surface area contributed by atoms with Crippen LogP contribution in [0.2, 0.25) is 0 Å². The van der Waals surface area contributed by atoms with E-state index in [0.717, 1.165) is 0 Å². The number of Topliss-reactive ketones (excluding diaryl/α,β-unsaturated/α-hetero) is 2. The fraction of sp³-hybridized carbons (Fsp3) is 0.500. The average Bonchev–Trinajstić information content (AvgIpc) is 1.87. The van der Waals surface area contributed by atoms with E-state index >= 15 is 0 Å². The van der Waals surface area contributed by atoms with Crippen molar-refractivity contribution in [2.45, 2.75) is 19.4 Å². The summed E-state index contributed by atoms with van der Waals surface area (Å²) in [6.07, 6.45) is -0.618. The molecule has 0 aliphatic heterocycles. The molecular formula is C6H9NO4. The highest BCUT2D eigenvalue weighted by Crippen LogP contribution is 1.89. The molecule has 0 heterocycles. The summed E-state index contributed by atoms with van der Waals surface area (Å²) < 4.78 is 0. The van der Waals surface area contributed by atoms with Gasteiger partial charge in [0, 0.05) is 0 Å². The molecule has 0 amide bonds. The topological polar surface area (TPSA) is 97.5 Å². The Morgan fingerprint density at radius 3 is 2.18 bits per heavy atom. The molecule has 5 heteroatoms. The molecule has 0 aromatic rings. The summed E-state index contributed by atoms with van der Waals surface area (Å²) in [6, 6.07) is -0.779. The molecule has 1 atom stereocenters. The van der Waals surface area contributed by atoms with Crippen molar-refractivity contribution in [2.75, 3.05) is 0 Å². The third kappa shape index (κ3) is 3.47. The Labute approximate surface area is 63.2 Å². The van der Waals surface area contributed by atoms with Crippen LogP contribution in [-0.2, 0) is 14.4 Å². The Morgan fingerprint density at radius 1 is 1.45 bits per heavy atom. The van der Waals surface area contributed by atoms with E-state index in [1.54, 1.807) is 0 Å². The van der Waals surface area contributed by atoms with E-state index in [9.17, 15) is 14.4 Å². The fourth-order valence-electron chi connectivity index (χ4n) is 0.395. The monoisotopic (exact) mass is 159 g/mol. The molecule has 0 aliphatic carbocycles. The molecule has 0 bridgehead atoms. The number of rotatable bonds is 4. The first-order valence-electron chi connectivity index (χ1n) is 2.99. The maximum absolute atomic E-state index is 10.6. The van der Waals surface area contributed by atoms with Gasteiger partial charge in [-0.25, -0.2) is 4.79 Å². The van der Waals surface area contributed by atoms with Gasteiger partial charge in [0.05, 0.1) is 12.5 Å². The molecule has 0 radical (unpaired) electrons. The van der Waals surface area contributed by atoms with E-state index in [1.165, 1.54) is 6.92 Å². The van der Waals surface area contributed by atoms with Crippen LogP contribution < -0.4 is 5.73 Å². The molecular weight excluding hydrogens is 150 g/mol. The van der Waals surface area contributed by atoms with Crippen molar-refractivity contribution in [3.05, 3.63) is 0 Å². The predicted molar refractivity (Wildman–Crippen MR) is 35.9 cm³/mol. The quantitative estimate of drug-likeness (QED) is 0.402. The van der Waals surface area contributed by atoms with Gasteiger partial charge in [0.25, 0.3) is 0 Å². The number of hydrogen-bond donors (Lipinski definition) is 2. The number of hydrogen-bond acceptors (Lipinski definition) is 4. The van der Waals surface area contributed by atoms with Crippen molar-refractivity contribution in [1.82, 2.24) is 0 Å². The molecule has 0 rings (SSSR count). The molecule has 0 fully saturated rings. The fourth-order valence-corrected chi connectivity index (χ4v) is 0.395. The summed E-state index contributed by atoms with van der Waals surface area (Å²) in [7, 11) is 0. The molecule has 5 nitrogen and oxygen atoms in total. The lowest BCUT2D eigenvalue weighted by Crippen LogP contribution is -2.30. The molecule has 0 aromatic heterocycles. The van der Waals surface area contributed by atoms with Gasteiger partial charge in [0.1, 0.15) is 0 Å². The van der Waals surface area contributed by atoms with E-state index in [4.69, 9.17) is 10.8 Å². The molecule has 0 aromatic carbocycles. The van der Waals surface area contributed by atoms with Gasteiger partial charge in [-0.1, -0.05) is 0 Å². The molecule has 0 aliphatic rings. The van der Waals surface area contributed by atoms with E-state index in [-0.39, 0.29) is 0 Å². The molecule has 0 spiro atoms. The normalized spacial score (nSPS) is 12.2. The van der Waals surface area contributed by atoms with Gasteiger partial charge in [-0.3, -0.25) is 9.59 Å². The summed E-state index contributed by atoms with van der Waals surface area (Å²) >= 11 is 0. The largest absolute Gasteiger partial charge is 0.475 e. The molecule has 0 saturated carbocycles. The second-order valence-corrected chi connectivity index (χ2v) is 2.16. The second-order valence-electron chi connectivity index (χ2n) is 2.16. The van der Waals surface area contributed by atoms with Crippen molar-refractivity contribution in [2.24, 2.45) is 5.73 Å². The SMILES string of the molecule is C[C@H](N)C(=O)CC(=O)C(=O)O. The molecule has 3 N–H and O–H groups in total. The van der Waals surface area contributed by atoms with Crippen LogP contribution in [0.4, 0.5) is 0 Å². The maximum Gasteiger partial charge on any atom is 0.372 e. The Bertz CT molecular complexity index is 197. The van der Waals surface area contributed by atoms with Crippen LogP contribution in [0.1, 0.15) is 13.3 Å². The molecule has 0 saturated heterocycles. The lowest BCUT2D eigenvalue weighted by molar-refractivity contribution is -0.150. The highest BCUT2D eigenvalue weighted by molar-refractivity contribution is 6.36. The predicted octanol–water partition coefficient (Wildman–Crippen LogP) is -1.05. The molecule has 0 unspecified atom stereocenters. The van der Waals surface area contributed by atoms with Gasteiger partial charge in [-0.05, 0) is 6.92 Å². The zero-order valence-corrected chi connectivity index (χ0v) is 6.03. The third-order valence-corrected chi connectivity index (χ3v) is 1.08. The molecule has 11 heavy (non-hydrogen) atoms. The van der Waals surface area contributed by atoms with Crippen molar-refractivity contribution in [3.8, 4) is 0 Å². The van der Waals surface area contributed by atoms with Crippen molar-refractivity contribution < 1.29 is 19.5 Å². The number of nitrogens with two attached hydrogens (primary N) is 1. The zero-order chi connectivity index (χ0) is 9.02. The number of carbonyl (C=O) groups excluding carboxylic acids is 2. The summed E-state index contributed by atoms with van der Waals surface area (Å²) in [5.74, 6) is -3.27. The van der Waals surface area contributed by atoms with Crippen molar-refractivity contribution in [3.63, 3.8) is 0 Å². The van der Waals surface area contributed by atoms with Gasteiger partial charge in [-0.15, -0.1) is 0 Å². The number of carboxylic acids is 1.